The van der Waals surface area contributed by atoms with Gasteiger partial charge in [-0.3, -0.25) is 19.5 Å². The highest BCUT2D eigenvalue weighted by Crippen LogP contribution is 2.29. The lowest BCUT2D eigenvalue weighted by Gasteiger charge is -2.33. The van der Waals surface area contributed by atoms with Gasteiger partial charge >= 0.3 is 0 Å². The molecule has 0 saturated carbocycles. The molecule has 2 amide bonds. The van der Waals surface area contributed by atoms with Crippen molar-refractivity contribution < 1.29 is 14.0 Å². The van der Waals surface area contributed by atoms with Crippen LogP contribution in [0.2, 0.25) is 0 Å². The molecule has 37 heavy (non-hydrogen) atoms. The summed E-state index contributed by atoms with van der Waals surface area (Å²) >= 11 is 0. The van der Waals surface area contributed by atoms with Crippen LogP contribution < -0.4 is 10.2 Å². The van der Waals surface area contributed by atoms with Gasteiger partial charge in [0.1, 0.15) is 18.3 Å². The number of nitrogens with zero attached hydrogens (tertiary/aromatic N) is 6. The van der Waals surface area contributed by atoms with Crippen molar-refractivity contribution in [1.29, 1.82) is 0 Å². The highest BCUT2D eigenvalue weighted by atomic mass is 16.3. The molecule has 0 aliphatic carbocycles. The average Bonchev–Trinajstić information content (AvgIpc) is 3.50. The molecule has 1 aromatic carbocycles. The molecule has 0 aliphatic heterocycles. The lowest BCUT2D eigenvalue weighted by atomic mass is 10.0. The topological polar surface area (TPSA) is 119 Å². The standard InChI is InChI=1S/C27H31N7O3/c1-6-19-8-10-21(11-9-19)34(24(20-13-15-28-16-14-20)26(36)29-27(3,4)5)23(35)17-33-31-25(30-32-33)22-12-7-18(2)37-22/h7-16,24H,6,17H2,1-5H3,(H,29,36)/t24-/m0/s1. The SMILES string of the molecule is CCc1ccc(N(C(=O)Cn2nnc(-c3ccc(C)o3)n2)[C@H](C(=O)NC(C)(C)C)c2ccncc2)cc1. The maximum absolute atomic E-state index is 13.9. The third-order valence-electron chi connectivity index (χ3n) is 5.61. The molecular formula is C27H31N7O3. The fourth-order valence-corrected chi connectivity index (χ4v) is 3.89. The van der Waals surface area contributed by atoms with Crippen LogP contribution in [0.4, 0.5) is 5.69 Å². The smallest absolute Gasteiger partial charge is 0.251 e. The Labute approximate surface area is 215 Å². The van der Waals surface area contributed by atoms with E-state index in [-0.39, 0.29) is 24.2 Å². The maximum atomic E-state index is 13.9. The van der Waals surface area contributed by atoms with Gasteiger partial charge < -0.3 is 9.73 Å². The van der Waals surface area contributed by atoms with E-state index >= 15 is 0 Å². The molecule has 0 bridgehead atoms. The second-order valence-electron chi connectivity index (χ2n) is 9.76. The van der Waals surface area contributed by atoms with E-state index in [9.17, 15) is 9.59 Å². The Morgan fingerprint density at radius 2 is 1.76 bits per heavy atom. The lowest BCUT2D eigenvalue weighted by molar-refractivity contribution is -0.128. The highest BCUT2D eigenvalue weighted by molar-refractivity contribution is 6.01. The molecule has 0 fully saturated rings. The zero-order chi connectivity index (χ0) is 26.6. The Morgan fingerprint density at radius 3 is 2.35 bits per heavy atom. The van der Waals surface area contributed by atoms with E-state index in [1.807, 2.05) is 52.0 Å². The van der Waals surface area contributed by atoms with Gasteiger partial charge in [0.2, 0.25) is 11.7 Å². The van der Waals surface area contributed by atoms with Crippen molar-refractivity contribution in [3.05, 3.63) is 77.8 Å². The first-order chi connectivity index (χ1) is 17.6. The summed E-state index contributed by atoms with van der Waals surface area (Å²) in [5.74, 6) is 0.757. The van der Waals surface area contributed by atoms with Crippen LogP contribution in [0.1, 0.15) is 50.6 Å². The number of benzene rings is 1. The van der Waals surface area contributed by atoms with Crippen LogP contribution in [0.25, 0.3) is 11.6 Å². The van der Waals surface area contributed by atoms with Crippen LogP contribution >= 0.6 is 0 Å². The zero-order valence-corrected chi connectivity index (χ0v) is 21.7. The number of nitrogens with one attached hydrogen (secondary N) is 1. The molecule has 4 rings (SSSR count). The Kier molecular flexibility index (Phi) is 7.47. The summed E-state index contributed by atoms with van der Waals surface area (Å²) in [6.07, 6.45) is 4.06. The number of carbonyl (C=O) groups excluding carboxylic acids is 2. The molecule has 1 N–H and O–H groups in total. The molecule has 10 nitrogen and oxygen atoms in total. The number of furan rings is 1. The number of hydrogen-bond donors (Lipinski definition) is 1. The van der Waals surface area contributed by atoms with Gasteiger partial charge in [-0.25, -0.2) is 0 Å². The van der Waals surface area contributed by atoms with Gasteiger partial charge in [-0.05, 0) is 86.9 Å². The van der Waals surface area contributed by atoms with Gasteiger partial charge in [-0.15, -0.1) is 10.2 Å². The molecule has 4 aromatic rings. The van der Waals surface area contributed by atoms with Crippen LogP contribution in [0, 0.1) is 6.92 Å². The van der Waals surface area contributed by atoms with E-state index in [0.717, 1.165) is 12.0 Å². The number of amides is 2. The number of rotatable bonds is 8. The van der Waals surface area contributed by atoms with E-state index in [1.165, 1.54) is 9.70 Å². The summed E-state index contributed by atoms with van der Waals surface area (Å²) in [7, 11) is 0. The van der Waals surface area contributed by atoms with Gasteiger partial charge in [0, 0.05) is 23.6 Å². The molecule has 192 valence electrons. The van der Waals surface area contributed by atoms with Gasteiger partial charge in [0.05, 0.1) is 0 Å². The third-order valence-corrected chi connectivity index (χ3v) is 5.61. The van der Waals surface area contributed by atoms with E-state index in [2.05, 4.69) is 32.6 Å². The van der Waals surface area contributed by atoms with Crippen LogP contribution in [0.5, 0.6) is 0 Å². The molecule has 3 aromatic heterocycles. The quantitative estimate of drug-likeness (QED) is 0.389. The Bertz CT molecular complexity index is 1350. The van der Waals surface area contributed by atoms with Gasteiger partial charge in [-0.2, -0.15) is 4.80 Å². The minimum Gasteiger partial charge on any atom is -0.458 e. The number of aromatic nitrogens is 5. The number of anilines is 1. The summed E-state index contributed by atoms with van der Waals surface area (Å²) < 4.78 is 5.57. The first kappa shape index (κ1) is 25.7. The second kappa shape index (κ2) is 10.7. The third kappa shape index (κ3) is 6.27. The Morgan fingerprint density at radius 1 is 1.05 bits per heavy atom. The van der Waals surface area contributed by atoms with Crippen molar-refractivity contribution in [2.24, 2.45) is 0 Å². The van der Waals surface area contributed by atoms with Crippen molar-refractivity contribution in [1.82, 2.24) is 30.5 Å². The van der Waals surface area contributed by atoms with Crippen LogP contribution in [0.3, 0.4) is 0 Å². The summed E-state index contributed by atoms with van der Waals surface area (Å²) in [6, 6.07) is 13.7. The number of carbonyl (C=O) groups is 2. The molecule has 3 heterocycles. The van der Waals surface area contributed by atoms with Crippen molar-refractivity contribution in [3.63, 3.8) is 0 Å². The summed E-state index contributed by atoms with van der Waals surface area (Å²) in [5, 5.41) is 15.4. The van der Waals surface area contributed by atoms with Crippen molar-refractivity contribution in [3.8, 4) is 11.6 Å². The first-order valence-electron chi connectivity index (χ1n) is 12.1. The average molecular weight is 502 g/mol. The lowest BCUT2D eigenvalue weighted by Crippen LogP contribution is -2.50. The molecule has 1 atom stereocenters. The molecule has 10 heteroatoms. The Balaban J connectivity index is 1.73. The number of hydrogen-bond acceptors (Lipinski definition) is 7. The summed E-state index contributed by atoms with van der Waals surface area (Å²) in [4.78, 5) is 34.3. The van der Waals surface area contributed by atoms with E-state index in [1.54, 1.807) is 36.7 Å². The maximum Gasteiger partial charge on any atom is 0.251 e. The number of pyridine rings is 1. The molecular weight excluding hydrogens is 470 g/mol. The number of tetrazole rings is 1. The summed E-state index contributed by atoms with van der Waals surface area (Å²) in [5.41, 5.74) is 1.82. The van der Waals surface area contributed by atoms with Crippen LogP contribution in [-0.2, 0) is 22.6 Å². The van der Waals surface area contributed by atoms with Gasteiger partial charge in [0.15, 0.2) is 5.76 Å². The van der Waals surface area contributed by atoms with Crippen molar-refractivity contribution in [2.45, 2.75) is 59.2 Å². The van der Waals surface area contributed by atoms with Gasteiger partial charge in [0.25, 0.3) is 5.91 Å². The predicted molar refractivity (Wildman–Crippen MR) is 138 cm³/mol. The molecule has 0 radical (unpaired) electrons. The molecule has 0 saturated heterocycles. The van der Waals surface area contributed by atoms with Crippen LogP contribution in [0.15, 0.2) is 65.3 Å². The van der Waals surface area contributed by atoms with Crippen LogP contribution in [-0.4, -0.2) is 42.5 Å². The molecule has 0 spiro atoms. The zero-order valence-electron chi connectivity index (χ0n) is 21.7. The predicted octanol–water partition coefficient (Wildman–Crippen LogP) is 3.89. The fourth-order valence-electron chi connectivity index (χ4n) is 3.89. The number of aryl methyl sites for hydroxylation is 2. The van der Waals surface area contributed by atoms with Crippen molar-refractivity contribution in [2.75, 3.05) is 4.90 Å². The minimum absolute atomic E-state index is 0.230. The Hall–Kier alpha value is -4.34. The molecule has 0 aliphatic rings. The minimum atomic E-state index is -0.946. The first-order valence-corrected chi connectivity index (χ1v) is 12.1. The van der Waals surface area contributed by atoms with E-state index in [0.29, 0.717) is 22.8 Å². The summed E-state index contributed by atoms with van der Waals surface area (Å²) in [6.45, 7) is 9.34. The van der Waals surface area contributed by atoms with Crippen molar-refractivity contribution >= 4 is 17.5 Å². The fraction of sp³-hybridized carbons (Fsp3) is 0.333. The largest absolute Gasteiger partial charge is 0.458 e. The normalized spacial score (nSPS) is 12.2. The molecule has 0 unspecified atom stereocenters. The van der Waals surface area contributed by atoms with E-state index < -0.39 is 11.6 Å². The second-order valence-corrected chi connectivity index (χ2v) is 9.76. The van der Waals surface area contributed by atoms with Gasteiger partial charge in [-0.1, -0.05) is 19.1 Å². The monoisotopic (exact) mass is 501 g/mol. The van der Waals surface area contributed by atoms with E-state index in [4.69, 9.17) is 4.42 Å². The highest BCUT2D eigenvalue weighted by Gasteiger charge is 2.35.